The second-order valence-corrected chi connectivity index (χ2v) is 13.1. The van der Waals surface area contributed by atoms with Crippen molar-refractivity contribution in [2.75, 3.05) is 62.9 Å². The monoisotopic (exact) mass is 660 g/mol. The fourth-order valence-electron chi connectivity index (χ4n) is 6.99. The maximum Gasteiger partial charge on any atom is 0.318 e. The molecule has 3 radical (unpaired) electrons. The minimum absolute atomic E-state index is 0.0139. The minimum atomic E-state index is -2.78. The Balaban J connectivity index is 1.34. The van der Waals surface area contributed by atoms with Crippen LogP contribution < -0.4 is 14.5 Å². The minimum Gasteiger partial charge on any atom is -0.462 e. The van der Waals surface area contributed by atoms with Crippen LogP contribution in [0.25, 0.3) is 10.8 Å². The summed E-state index contributed by atoms with van der Waals surface area (Å²) in [4.78, 5) is 30.1. The largest absolute Gasteiger partial charge is 0.462 e. The summed E-state index contributed by atoms with van der Waals surface area (Å²) in [5, 5.41) is 12.1. The van der Waals surface area contributed by atoms with E-state index in [2.05, 4.69) is 64.5 Å². The van der Waals surface area contributed by atoms with Gasteiger partial charge in [-0.25, -0.2) is 13.2 Å². The van der Waals surface area contributed by atoms with E-state index in [1.807, 2.05) is 4.90 Å². The van der Waals surface area contributed by atoms with E-state index in [1.54, 1.807) is 16.8 Å². The van der Waals surface area contributed by atoms with Crippen molar-refractivity contribution in [3.63, 3.8) is 0 Å². The molecule has 1 aromatic heterocycles. The van der Waals surface area contributed by atoms with Crippen LogP contribution in [-0.2, 0) is 17.8 Å². The summed E-state index contributed by atoms with van der Waals surface area (Å²) in [6.07, 6.45) is 2.70. The van der Waals surface area contributed by atoms with Gasteiger partial charge in [0.05, 0.1) is 46.7 Å². The first-order chi connectivity index (χ1) is 22.6. The molecule has 3 aliphatic rings. The lowest BCUT2D eigenvalue weighted by Crippen LogP contribution is -2.57. The number of aryl methyl sites for hydroxylation is 1. The highest BCUT2D eigenvalue weighted by Crippen LogP contribution is 2.37. The number of benzene rings is 2. The zero-order chi connectivity index (χ0) is 33.3. The molecular weight excluding hydrogens is 624 g/mol. The molecule has 0 unspecified atom stereocenters. The maximum absolute atomic E-state index is 14.1. The average Bonchev–Trinajstić information content (AvgIpc) is 3.35. The number of halogens is 3. The number of fused-ring (bicyclic) bond motifs is 2. The summed E-state index contributed by atoms with van der Waals surface area (Å²) in [5.41, 5.74) is 3.33. The van der Waals surface area contributed by atoms with Gasteiger partial charge in [0.1, 0.15) is 19.1 Å². The molecule has 0 aliphatic carbocycles. The highest BCUT2D eigenvalue weighted by atomic mass is 28.1. The summed E-state index contributed by atoms with van der Waals surface area (Å²) in [6.45, 7) is 3.25. The Hall–Kier alpha value is -4.15. The van der Waals surface area contributed by atoms with Gasteiger partial charge in [0.2, 0.25) is 5.91 Å². The molecule has 9 nitrogen and oxygen atoms in total. The SMILES string of the molecule is Cc1cccc2cccc(N3CCc4c(nc(OC[C@@H]5CC(F)(F)CN5C)nc4N4CCN(C(=O)/C=C/CF)[C@@H]([C@@H]([Si])C#N)C4)C3)c12. The van der Waals surface area contributed by atoms with Crippen molar-refractivity contribution in [3.8, 4) is 12.1 Å². The zero-order valence-electron chi connectivity index (χ0n) is 26.5. The number of likely N-dealkylation sites (tertiary alicyclic amines) is 1. The van der Waals surface area contributed by atoms with Crippen molar-refractivity contribution in [2.45, 2.75) is 49.9 Å². The maximum atomic E-state index is 14.1. The lowest BCUT2D eigenvalue weighted by Gasteiger charge is -2.43. The van der Waals surface area contributed by atoms with Crippen molar-refractivity contribution >= 4 is 38.4 Å². The molecule has 2 aromatic carbocycles. The van der Waals surface area contributed by atoms with E-state index in [1.165, 1.54) is 17.0 Å². The summed E-state index contributed by atoms with van der Waals surface area (Å²) >= 11 is 0. The third-order valence-corrected chi connectivity index (χ3v) is 9.89. The van der Waals surface area contributed by atoms with Gasteiger partial charge in [-0.05, 0) is 43.5 Å². The highest BCUT2D eigenvalue weighted by Gasteiger charge is 2.43. The van der Waals surface area contributed by atoms with Gasteiger partial charge in [0.25, 0.3) is 5.92 Å². The molecular formula is C34H37F3N7O2Si. The van der Waals surface area contributed by atoms with E-state index >= 15 is 0 Å². The molecule has 3 aliphatic heterocycles. The number of carbonyl (C=O) groups excluding carboxylic acids is 1. The topological polar surface area (TPSA) is 88.8 Å². The second-order valence-electron chi connectivity index (χ2n) is 12.5. The molecule has 0 bridgehead atoms. The molecule has 6 rings (SSSR count). The Kier molecular flexibility index (Phi) is 9.43. The van der Waals surface area contributed by atoms with Crippen molar-refractivity contribution in [2.24, 2.45) is 0 Å². The highest BCUT2D eigenvalue weighted by molar-refractivity contribution is 6.14. The van der Waals surface area contributed by atoms with Gasteiger partial charge in [0, 0.05) is 61.4 Å². The van der Waals surface area contributed by atoms with Crippen molar-refractivity contribution < 1.29 is 22.7 Å². The number of nitriles is 1. The fourth-order valence-corrected chi connectivity index (χ4v) is 7.28. The van der Waals surface area contributed by atoms with E-state index in [9.17, 15) is 23.2 Å². The van der Waals surface area contributed by atoms with Crippen LogP contribution in [0.3, 0.4) is 0 Å². The molecule has 47 heavy (non-hydrogen) atoms. The van der Waals surface area contributed by atoms with Crippen molar-refractivity contribution in [3.05, 3.63) is 65.4 Å². The van der Waals surface area contributed by atoms with Crippen LogP contribution in [0.2, 0.25) is 5.54 Å². The van der Waals surface area contributed by atoms with E-state index in [0.29, 0.717) is 45.0 Å². The molecule has 4 heterocycles. The number of hydrogen-bond donors (Lipinski definition) is 0. The van der Waals surface area contributed by atoms with Gasteiger partial charge in [0.15, 0.2) is 0 Å². The number of nitrogens with zero attached hydrogens (tertiary/aromatic N) is 7. The van der Waals surface area contributed by atoms with Crippen LogP contribution in [0.4, 0.5) is 24.7 Å². The summed E-state index contributed by atoms with van der Waals surface area (Å²) in [7, 11) is 5.15. The molecule has 0 spiro atoms. The number of carbonyl (C=O) groups is 1. The van der Waals surface area contributed by atoms with Gasteiger partial charge >= 0.3 is 6.01 Å². The van der Waals surface area contributed by atoms with Gasteiger partial charge in [-0.15, -0.1) is 0 Å². The number of rotatable bonds is 8. The Morgan fingerprint density at radius 2 is 1.98 bits per heavy atom. The third-order valence-electron chi connectivity index (χ3n) is 9.37. The van der Waals surface area contributed by atoms with Crippen LogP contribution in [0.15, 0.2) is 48.6 Å². The third kappa shape index (κ3) is 6.80. The van der Waals surface area contributed by atoms with Gasteiger partial charge in [-0.2, -0.15) is 15.2 Å². The van der Waals surface area contributed by atoms with Crippen LogP contribution >= 0.6 is 0 Å². The molecule has 3 aromatic rings. The standard InChI is InChI=1S/C34H37F3N7O2Si/c1-22-6-3-7-23-8-4-9-27(31(22)23)42-13-11-25-26(18-42)39-33(46-20-24-16-34(36,37)21-41(24)2)40-32(25)43-14-15-44(30(45)10-5-12-35)28(19-43)29(47)17-38/h3-10,24,28-29H,11-16,18-21H2,1-2H3/b10-5+/t24-,28+,29-/m0/s1. The lowest BCUT2D eigenvalue weighted by atomic mass is 9.99. The number of amides is 1. The summed E-state index contributed by atoms with van der Waals surface area (Å²) < 4.78 is 47.1. The number of allylic oxidation sites excluding steroid dienone is 1. The first-order valence-electron chi connectivity index (χ1n) is 15.8. The van der Waals surface area contributed by atoms with Gasteiger partial charge in [-0.3, -0.25) is 9.69 Å². The number of piperazine rings is 1. The number of ether oxygens (including phenoxy) is 1. The first-order valence-corrected chi connectivity index (χ1v) is 16.4. The first kappa shape index (κ1) is 32.8. The molecule has 2 fully saturated rings. The number of anilines is 2. The average molecular weight is 661 g/mol. The molecule has 1 amide bonds. The smallest absolute Gasteiger partial charge is 0.318 e. The molecule has 2 saturated heterocycles. The van der Waals surface area contributed by atoms with Crippen LogP contribution in [0.1, 0.15) is 23.2 Å². The van der Waals surface area contributed by atoms with Crippen molar-refractivity contribution in [1.82, 2.24) is 19.8 Å². The normalized spacial score (nSPS) is 22.0. The predicted octanol–water partition coefficient (Wildman–Crippen LogP) is 4.24. The predicted molar refractivity (Wildman–Crippen MR) is 175 cm³/mol. The molecule has 3 atom stereocenters. The Bertz CT molecular complexity index is 1710. The Morgan fingerprint density at radius 3 is 2.70 bits per heavy atom. The quantitative estimate of drug-likeness (QED) is 0.262. The number of alkyl halides is 3. The Morgan fingerprint density at radius 1 is 1.19 bits per heavy atom. The van der Waals surface area contributed by atoms with E-state index in [0.717, 1.165) is 28.4 Å². The summed E-state index contributed by atoms with van der Waals surface area (Å²) in [5.74, 6) is -2.49. The number of aromatic nitrogens is 2. The van der Waals surface area contributed by atoms with E-state index in [-0.39, 0.29) is 31.5 Å². The fraction of sp³-hybridized carbons (Fsp3) is 0.471. The number of hydrogen-bond acceptors (Lipinski definition) is 8. The van der Waals surface area contributed by atoms with Gasteiger partial charge < -0.3 is 19.4 Å². The lowest BCUT2D eigenvalue weighted by molar-refractivity contribution is -0.128. The van der Waals surface area contributed by atoms with E-state index in [4.69, 9.17) is 14.7 Å². The van der Waals surface area contributed by atoms with Crippen LogP contribution in [0, 0.1) is 18.3 Å². The van der Waals surface area contributed by atoms with Gasteiger partial charge in [-0.1, -0.05) is 30.3 Å². The second kappa shape index (κ2) is 13.5. The van der Waals surface area contributed by atoms with E-state index < -0.39 is 30.2 Å². The van der Waals surface area contributed by atoms with Crippen LogP contribution in [-0.4, -0.2) is 107 Å². The molecule has 245 valence electrons. The number of likely N-dealkylation sites (N-methyl/N-ethyl adjacent to an activating group) is 1. The Labute approximate surface area is 276 Å². The van der Waals surface area contributed by atoms with Crippen molar-refractivity contribution in [1.29, 1.82) is 5.26 Å². The molecule has 0 N–H and O–H groups in total. The van der Waals surface area contributed by atoms with Crippen LogP contribution in [0.5, 0.6) is 6.01 Å². The molecule has 0 saturated carbocycles. The molecule has 13 heteroatoms. The zero-order valence-corrected chi connectivity index (χ0v) is 27.5. The summed E-state index contributed by atoms with van der Waals surface area (Å²) in [6, 6.07) is 13.8.